The summed E-state index contributed by atoms with van der Waals surface area (Å²) in [5.41, 5.74) is 1.53. The normalized spacial score (nSPS) is 25.6. The summed E-state index contributed by atoms with van der Waals surface area (Å²) in [4.78, 5) is 25.5. The Hall–Kier alpha value is -1.89. The van der Waals surface area contributed by atoms with E-state index < -0.39 is 0 Å². The van der Waals surface area contributed by atoms with Gasteiger partial charge < -0.3 is 10.1 Å². The van der Waals surface area contributed by atoms with Gasteiger partial charge in [0.05, 0.1) is 30.5 Å². The average molecular weight is 278 g/mol. The molecule has 0 saturated carbocycles. The Morgan fingerprint density at radius 2 is 2.35 bits per heavy atom. The zero-order chi connectivity index (χ0) is 14.3. The number of cyclic esters (lactones) is 1. The van der Waals surface area contributed by atoms with Gasteiger partial charge in [-0.2, -0.15) is 5.10 Å². The summed E-state index contributed by atoms with van der Waals surface area (Å²) in [5.74, 6) is -0.00573. The van der Waals surface area contributed by atoms with E-state index in [1.165, 1.54) is 0 Å². The fourth-order valence-corrected chi connectivity index (χ4v) is 2.94. The maximum absolute atomic E-state index is 12.0. The molecule has 108 valence electrons. The van der Waals surface area contributed by atoms with Crippen LogP contribution in [0.25, 0.3) is 0 Å². The number of hydrogen-bond acceptors (Lipinski definition) is 5. The summed E-state index contributed by atoms with van der Waals surface area (Å²) in [7, 11) is 1.82. The zero-order valence-corrected chi connectivity index (χ0v) is 11.6. The first-order valence-corrected chi connectivity index (χ1v) is 6.72. The van der Waals surface area contributed by atoms with Crippen molar-refractivity contribution in [1.82, 2.24) is 14.7 Å². The molecule has 3 heterocycles. The number of hydrogen-bond donors (Lipinski definition) is 1. The fraction of sp³-hybridized carbons (Fsp3) is 0.615. The molecule has 2 fully saturated rings. The number of likely N-dealkylation sites (tertiary alicyclic amines) is 1. The number of carbonyl (C=O) groups is 2. The molecule has 0 radical (unpaired) electrons. The van der Waals surface area contributed by atoms with Gasteiger partial charge in [-0.15, -0.1) is 0 Å². The van der Waals surface area contributed by atoms with Gasteiger partial charge in [-0.3, -0.25) is 19.2 Å². The summed E-state index contributed by atoms with van der Waals surface area (Å²) >= 11 is 0. The van der Waals surface area contributed by atoms with Crippen LogP contribution in [0.3, 0.4) is 0 Å². The number of anilines is 1. The molecule has 0 spiro atoms. The van der Waals surface area contributed by atoms with Crippen molar-refractivity contribution in [2.75, 3.05) is 31.6 Å². The number of fused-ring (bicyclic) bond motifs is 1. The molecule has 0 unspecified atom stereocenters. The van der Waals surface area contributed by atoms with Gasteiger partial charge in [0, 0.05) is 32.3 Å². The van der Waals surface area contributed by atoms with Crippen molar-refractivity contribution >= 4 is 17.6 Å². The third-order valence-corrected chi connectivity index (χ3v) is 3.91. The number of nitrogens with zero attached hydrogens (tertiary/aromatic N) is 3. The Labute approximate surface area is 116 Å². The fourth-order valence-electron chi connectivity index (χ4n) is 2.94. The second-order valence-corrected chi connectivity index (χ2v) is 5.54. The predicted octanol–water partition coefficient (Wildman–Crippen LogP) is -0.228. The van der Waals surface area contributed by atoms with Crippen LogP contribution >= 0.6 is 0 Å². The Kier molecular flexibility index (Phi) is 3.21. The molecule has 7 nitrogen and oxygen atoms in total. The number of aromatic nitrogens is 2. The lowest BCUT2D eigenvalue weighted by molar-refractivity contribution is -0.141. The van der Waals surface area contributed by atoms with Gasteiger partial charge in [-0.1, -0.05) is 0 Å². The standard InChI is InChI=1S/C13H18N4O3/c1-8-11(5-16(2)15-8)14-12(18)6-17-3-9-7-20-13(19)10(9)4-17/h5,9-10H,3-4,6-7H2,1-2H3,(H,14,18)/t9-,10-/m1/s1. The number of aryl methyl sites for hydroxylation is 2. The zero-order valence-electron chi connectivity index (χ0n) is 11.6. The van der Waals surface area contributed by atoms with Gasteiger partial charge in [0.1, 0.15) is 0 Å². The van der Waals surface area contributed by atoms with Crippen LogP contribution in [0.1, 0.15) is 5.69 Å². The minimum Gasteiger partial charge on any atom is -0.465 e. The molecule has 2 aliphatic heterocycles. The molecule has 0 bridgehead atoms. The first-order chi connectivity index (χ1) is 9.52. The number of rotatable bonds is 3. The Bertz CT molecular complexity index is 554. The predicted molar refractivity (Wildman–Crippen MR) is 71.0 cm³/mol. The van der Waals surface area contributed by atoms with Crippen LogP contribution in [-0.4, -0.2) is 52.8 Å². The number of carbonyl (C=O) groups excluding carboxylic acids is 2. The van der Waals surface area contributed by atoms with E-state index in [-0.39, 0.29) is 23.7 Å². The van der Waals surface area contributed by atoms with E-state index in [9.17, 15) is 9.59 Å². The van der Waals surface area contributed by atoms with Crippen molar-refractivity contribution in [3.05, 3.63) is 11.9 Å². The Morgan fingerprint density at radius 3 is 3.00 bits per heavy atom. The quantitative estimate of drug-likeness (QED) is 0.773. The average Bonchev–Trinajstić information content (AvgIpc) is 2.99. The van der Waals surface area contributed by atoms with Crippen LogP contribution in [0.4, 0.5) is 5.69 Å². The monoisotopic (exact) mass is 278 g/mol. The smallest absolute Gasteiger partial charge is 0.310 e. The SMILES string of the molecule is Cc1nn(C)cc1NC(=O)CN1C[C@@H]2COC(=O)[C@@H]2C1. The van der Waals surface area contributed by atoms with Gasteiger partial charge in [0.15, 0.2) is 0 Å². The van der Waals surface area contributed by atoms with Crippen LogP contribution in [0.5, 0.6) is 0 Å². The molecule has 1 amide bonds. The van der Waals surface area contributed by atoms with E-state index in [0.29, 0.717) is 19.7 Å². The van der Waals surface area contributed by atoms with E-state index in [2.05, 4.69) is 10.4 Å². The molecule has 2 saturated heterocycles. The van der Waals surface area contributed by atoms with Crippen LogP contribution in [0.15, 0.2) is 6.20 Å². The van der Waals surface area contributed by atoms with E-state index in [0.717, 1.165) is 17.9 Å². The van der Waals surface area contributed by atoms with E-state index in [4.69, 9.17) is 4.74 Å². The number of amides is 1. The number of ether oxygens (including phenoxy) is 1. The molecule has 1 N–H and O–H groups in total. The molecule has 2 atom stereocenters. The van der Waals surface area contributed by atoms with Gasteiger partial charge in [0.2, 0.25) is 5.91 Å². The summed E-state index contributed by atoms with van der Waals surface area (Å²) < 4.78 is 6.68. The minimum atomic E-state index is -0.124. The summed E-state index contributed by atoms with van der Waals surface area (Å²) in [6.07, 6.45) is 1.78. The van der Waals surface area contributed by atoms with Crippen molar-refractivity contribution in [2.24, 2.45) is 18.9 Å². The van der Waals surface area contributed by atoms with Gasteiger partial charge >= 0.3 is 5.97 Å². The van der Waals surface area contributed by atoms with Crippen LogP contribution in [0.2, 0.25) is 0 Å². The summed E-state index contributed by atoms with van der Waals surface area (Å²) in [5, 5.41) is 7.03. The molecule has 0 aliphatic carbocycles. The van der Waals surface area contributed by atoms with Crippen molar-refractivity contribution in [3.8, 4) is 0 Å². The highest BCUT2D eigenvalue weighted by atomic mass is 16.5. The molecular formula is C13H18N4O3. The molecule has 0 aromatic carbocycles. The molecular weight excluding hydrogens is 260 g/mol. The second-order valence-electron chi connectivity index (χ2n) is 5.54. The molecule has 20 heavy (non-hydrogen) atoms. The third-order valence-electron chi connectivity index (χ3n) is 3.91. The first-order valence-electron chi connectivity index (χ1n) is 6.72. The van der Waals surface area contributed by atoms with E-state index >= 15 is 0 Å². The highest BCUT2D eigenvalue weighted by Gasteiger charge is 2.44. The molecule has 1 aromatic heterocycles. The number of esters is 1. The summed E-state index contributed by atoms with van der Waals surface area (Å²) in [6.45, 7) is 4.00. The molecule has 1 aromatic rings. The second kappa shape index (κ2) is 4.90. The lowest BCUT2D eigenvalue weighted by atomic mass is 10.0. The Balaban J connectivity index is 1.55. The number of nitrogens with one attached hydrogen (secondary N) is 1. The maximum atomic E-state index is 12.0. The van der Waals surface area contributed by atoms with Crippen LogP contribution in [-0.2, 0) is 21.4 Å². The summed E-state index contributed by atoms with van der Waals surface area (Å²) in [6, 6.07) is 0. The van der Waals surface area contributed by atoms with Gasteiger partial charge in [-0.25, -0.2) is 0 Å². The van der Waals surface area contributed by atoms with E-state index in [1.54, 1.807) is 10.9 Å². The highest BCUT2D eigenvalue weighted by Crippen LogP contribution is 2.29. The van der Waals surface area contributed by atoms with E-state index in [1.807, 2.05) is 18.9 Å². The highest BCUT2D eigenvalue weighted by molar-refractivity contribution is 5.92. The van der Waals surface area contributed by atoms with Crippen molar-refractivity contribution in [1.29, 1.82) is 0 Å². The van der Waals surface area contributed by atoms with Crippen molar-refractivity contribution in [3.63, 3.8) is 0 Å². The Morgan fingerprint density at radius 1 is 1.55 bits per heavy atom. The largest absolute Gasteiger partial charge is 0.465 e. The molecule has 7 heteroatoms. The molecule has 2 aliphatic rings. The lowest BCUT2D eigenvalue weighted by Gasteiger charge is -2.15. The van der Waals surface area contributed by atoms with Gasteiger partial charge in [-0.05, 0) is 6.92 Å². The topological polar surface area (TPSA) is 76.5 Å². The molecule has 3 rings (SSSR count). The van der Waals surface area contributed by atoms with Crippen LogP contribution < -0.4 is 5.32 Å². The van der Waals surface area contributed by atoms with Crippen molar-refractivity contribution < 1.29 is 14.3 Å². The third kappa shape index (κ3) is 2.40. The van der Waals surface area contributed by atoms with Gasteiger partial charge in [0.25, 0.3) is 0 Å². The lowest BCUT2D eigenvalue weighted by Crippen LogP contribution is -2.33. The first kappa shape index (κ1) is 13.1. The minimum absolute atomic E-state index is 0.0528. The van der Waals surface area contributed by atoms with Crippen LogP contribution in [0, 0.1) is 18.8 Å². The maximum Gasteiger partial charge on any atom is 0.310 e. The van der Waals surface area contributed by atoms with Crippen molar-refractivity contribution in [2.45, 2.75) is 6.92 Å².